The first-order valence-corrected chi connectivity index (χ1v) is 7.98. The second-order valence-corrected chi connectivity index (χ2v) is 6.23. The summed E-state index contributed by atoms with van der Waals surface area (Å²) in [6.45, 7) is -1.54. The third-order valence-corrected chi connectivity index (χ3v) is 4.04. The highest BCUT2D eigenvalue weighted by Gasteiger charge is 2.27. The zero-order valence-corrected chi connectivity index (χ0v) is 14.7. The van der Waals surface area contributed by atoms with E-state index in [0.29, 0.717) is 16.8 Å². The minimum Gasteiger partial charge on any atom is -0.367 e. The number of rotatable bonds is 5. The highest BCUT2D eigenvalue weighted by atomic mass is 35.5. The Morgan fingerprint density at radius 1 is 1.00 bits per heavy atom. The molecule has 0 bridgehead atoms. The highest BCUT2D eigenvalue weighted by Crippen LogP contribution is 2.32. The van der Waals surface area contributed by atoms with E-state index in [4.69, 9.17) is 34.8 Å². The Balaban J connectivity index is 2.00. The van der Waals surface area contributed by atoms with Gasteiger partial charge in [-0.05, 0) is 29.8 Å². The van der Waals surface area contributed by atoms with E-state index in [2.05, 4.69) is 10.1 Å². The molecular weight excluding hydrogens is 402 g/mol. The number of amides is 1. The van der Waals surface area contributed by atoms with Crippen LogP contribution in [0.15, 0.2) is 36.4 Å². The van der Waals surface area contributed by atoms with E-state index in [1.807, 2.05) is 0 Å². The third kappa shape index (κ3) is 6.08. The minimum atomic E-state index is -4.38. The van der Waals surface area contributed by atoms with Crippen molar-refractivity contribution in [3.05, 3.63) is 62.6 Å². The fourth-order valence-electron chi connectivity index (χ4n) is 1.85. The standard InChI is InChI=1S/C16H11Cl3F3NO2/c17-11-5-13(19)14(6-12(11)18)23-15(24)10-3-1-9(2-4-10)7-25-8-16(20,21)22/h1-6H,7-8H2,(H,23,24). The molecule has 0 aliphatic heterocycles. The second kappa shape index (κ2) is 8.27. The first-order valence-electron chi connectivity index (χ1n) is 6.85. The van der Waals surface area contributed by atoms with Gasteiger partial charge in [0.05, 0.1) is 27.4 Å². The molecule has 0 heterocycles. The van der Waals surface area contributed by atoms with Crippen LogP contribution in [0.1, 0.15) is 15.9 Å². The summed E-state index contributed by atoms with van der Waals surface area (Å²) in [5.41, 5.74) is 1.09. The lowest BCUT2D eigenvalue weighted by atomic mass is 10.1. The maximum Gasteiger partial charge on any atom is 0.411 e. The smallest absolute Gasteiger partial charge is 0.367 e. The van der Waals surface area contributed by atoms with Crippen LogP contribution in [-0.4, -0.2) is 18.7 Å². The van der Waals surface area contributed by atoms with Crippen molar-refractivity contribution in [2.75, 3.05) is 11.9 Å². The van der Waals surface area contributed by atoms with Crippen LogP contribution in [0, 0.1) is 0 Å². The molecule has 0 aromatic heterocycles. The Labute approximate surface area is 156 Å². The zero-order chi connectivity index (χ0) is 18.6. The monoisotopic (exact) mass is 411 g/mol. The first-order chi connectivity index (χ1) is 11.7. The molecule has 134 valence electrons. The van der Waals surface area contributed by atoms with Gasteiger partial charge in [0.25, 0.3) is 5.91 Å². The molecule has 0 aliphatic rings. The van der Waals surface area contributed by atoms with E-state index in [-0.39, 0.29) is 21.7 Å². The molecule has 0 radical (unpaired) electrons. The Morgan fingerprint density at radius 2 is 1.60 bits per heavy atom. The van der Waals surface area contributed by atoms with Crippen molar-refractivity contribution in [2.24, 2.45) is 0 Å². The van der Waals surface area contributed by atoms with Crippen LogP contribution in [-0.2, 0) is 11.3 Å². The molecule has 0 spiro atoms. The predicted octanol–water partition coefficient (Wildman–Crippen LogP) is 5.98. The Morgan fingerprint density at radius 3 is 2.20 bits per heavy atom. The molecule has 0 saturated carbocycles. The molecule has 2 aromatic carbocycles. The van der Waals surface area contributed by atoms with Crippen molar-refractivity contribution in [1.29, 1.82) is 0 Å². The maximum absolute atomic E-state index is 12.2. The second-order valence-electron chi connectivity index (χ2n) is 5.01. The number of nitrogens with one attached hydrogen (secondary N) is 1. The largest absolute Gasteiger partial charge is 0.411 e. The Kier molecular flexibility index (Phi) is 6.57. The summed E-state index contributed by atoms with van der Waals surface area (Å²) in [6, 6.07) is 8.76. The van der Waals surface area contributed by atoms with Crippen LogP contribution in [0.2, 0.25) is 15.1 Å². The van der Waals surface area contributed by atoms with Gasteiger partial charge in [-0.1, -0.05) is 46.9 Å². The average molecular weight is 413 g/mol. The van der Waals surface area contributed by atoms with Gasteiger partial charge >= 0.3 is 6.18 Å². The van der Waals surface area contributed by atoms with Gasteiger partial charge in [-0.25, -0.2) is 0 Å². The number of carbonyl (C=O) groups excluding carboxylic acids is 1. The van der Waals surface area contributed by atoms with Crippen molar-refractivity contribution < 1.29 is 22.7 Å². The first kappa shape index (κ1) is 19.8. The van der Waals surface area contributed by atoms with Gasteiger partial charge in [0.15, 0.2) is 0 Å². The van der Waals surface area contributed by atoms with Crippen molar-refractivity contribution in [1.82, 2.24) is 0 Å². The van der Waals surface area contributed by atoms with E-state index in [9.17, 15) is 18.0 Å². The van der Waals surface area contributed by atoms with Crippen molar-refractivity contribution in [3.8, 4) is 0 Å². The van der Waals surface area contributed by atoms with Crippen molar-refractivity contribution >= 4 is 46.4 Å². The number of alkyl halides is 3. The molecule has 1 N–H and O–H groups in total. The van der Waals surface area contributed by atoms with E-state index in [1.54, 1.807) is 0 Å². The van der Waals surface area contributed by atoms with Crippen LogP contribution in [0.5, 0.6) is 0 Å². The lowest BCUT2D eigenvalue weighted by Crippen LogP contribution is -2.16. The summed E-state index contributed by atoms with van der Waals surface area (Å²) < 4.78 is 40.6. The number of carbonyl (C=O) groups is 1. The molecule has 0 aliphatic carbocycles. The summed E-state index contributed by atoms with van der Waals surface area (Å²) >= 11 is 17.7. The number of anilines is 1. The van der Waals surface area contributed by atoms with Crippen molar-refractivity contribution in [3.63, 3.8) is 0 Å². The van der Waals surface area contributed by atoms with Gasteiger partial charge in [0.2, 0.25) is 0 Å². The van der Waals surface area contributed by atoms with Gasteiger partial charge in [-0.2, -0.15) is 13.2 Å². The van der Waals surface area contributed by atoms with Crippen LogP contribution >= 0.6 is 34.8 Å². The molecule has 0 unspecified atom stereocenters. The van der Waals surface area contributed by atoms with Gasteiger partial charge < -0.3 is 10.1 Å². The van der Waals surface area contributed by atoms with Gasteiger partial charge in [0.1, 0.15) is 6.61 Å². The average Bonchev–Trinajstić information content (AvgIpc) is 2.52. The summed E-state index contributed by atoms with van der Waals surface area (Å²) in [4.78, 5) is 12.2. The molecule has 0 fully saturated rings. The van der Waals surface area contributed by atoms with E-state index >= 15 is 0 Å². The fraction of sp³-hybridized carbons (Fsp3) is 0.188. The molecule has 2 rings (SSSR count). The quantitative estimate of drug-likeness (QED) is 0.614. The number of hydrogen-bond donors (Lipinski definition) is 1. The van der Waals surface area contributed by atoms with Crippen LogP contribution < -0.4 is 5.32 Å². The van der Waals surface area contributed by atoms with E-state index in [1.165, 1.54) is 36.4 Å². The molecule has 2 aromatic rings. The van der Waals surface area contributed by atoms with Gasteiger partial charge in [-0.3, -0.25) is 4.79 Å². The highest BCUT2D eigenvalue weighted by molar-refractivity contribution is 6.44. The molecular formula is C16H11Cl3F3NO2. The number of halogens is 6. The van der Waals surface area contributed by atoms with E-state index < -0.39 is 18.7 Å². The summed E-state index contributed by atoms with van der Waals surface area (Å²) in [5.74, 6) is -0.456. The lowest BCUT2D eigenvalue weighted by molar-refractivity contribution is -0.176. The predicted molar refractivity (Wildman–Crippen MR) is 91.6 cm³/mol. The third-order valence-electron chi connectivity index (χ3n) is 3.01. The normalized spacial score (nSPS) is 11.4. The number of ether oxygens (including phenoxy) is 1. The SMILES string of the molecule is O=C(Nc1cc(Cl)c(Cl)cc1Cl)c1ccc(COCC(F)(F)F)cc1. The Bertz CT molecular complexity index is 764. The minimum absolute atomic E-state index is 0.208. The maximum atomic E-state index is 12.2. The number of benzene rings is 2. The fourth-order valence-corrected chi connectivity index (χ4v) is 2.44. The molecule has 0 atom stereocenters. The lowest BCUT2D eigenvalue weighted by Gasteiger charge is -2.10. The molecule has 9 heteroatoms. The Hall–Kier alpha value is -1.47. The van der Waals surface area contributed by atoms with Crippen LogP contribution in [0.4, 0.5) is 18.9 Å². The molecule has 1 amide bonds. The van der Waals surface area contributed by atoms with Crippen molar-refractivity contribution in [2.45, 2.75) is 12.8 Å². The summed E-state index contributed by atoms with van der Waals surface area (Å²) in [6.07, 6.45) is -4.38. The molecule has 3 nitrogen and oxygen atoms in total. The molecule has 0 saturated heterocycles. The summed E-state index contributed by atoms with van der Waals surface area (Å²) in [5, 5.41) is 3.30. The molecule has 25 heavy (non-hydrogen) atoms. The number of hydrogen-bond acceptors (Lipinski definition) is 2. The van der Waals surface area contributed by atoms with Crippen LogP contribution in [0.3, 0.4) is 0 Å². The summed E-state index contributed by atoms with van der Waals surface area (Å²) in [7, 11) is 0. The zero-order valence-electron chi connectivity index (χ0n) is 12.5. The van der Waals surface area contributed by atoms with Gasteiger partial charge in [0, 0.05) is 5.56 Å². The van der Waals surface area contributed by atoms with E-state index in [0.717, 1.165) is 0 Å². The topological polar surface area (TPSA) is 38.3 Å². The van der Waals surface area contributed by atoms with Gasteiger partial charge in [-0.15, -0.1) is 0 Å². The van der Waals surface area contributed by atoms with Crippen LogP contribution in [0.25, 0.3) is 0 Å².